The van der Waals surface area contributed by atoms with Gasteiger partial charge in [0.05, 0.1) is 41.1 Å². The second-order valence-electron chi connectivity index (χ2n) is 14.0. The van der Waals surface area contributed by atoms with Crippen molar-refractivity contribution in [3.05, 3.63) is 57.1 Å². The number of hydrogen-bond acceptors (Lipinski definition) is 6. The monoisotopic (exact) mass is 640 g/mol. The first-order valence-corrected chi connectivity index (χ1v) is 16.9. The summed E-state index contributed by atoms with van der Waals surface area (Å²) >= 11 is 12.5. The topological polar surface area (TPSA) is 68.3 Å². The van der Waals surface area contributed by atoms with Crippen LogP contribution in [0.1, 0.15) is 69.6 Å². The van der Waals surface area contributed by atoms with E-state index < -0.39 is 11.0 Å². The number of carbonyl (C=O) groups is 2. The average Bonchev–Trinajstić information content (AvgIpc) is 3.72. The number of nitrogens with zero attached hydrogens (tertiary/aromatic N) is 2. The van der Waals surface area contributed by atoms with Gasteiger partial charge in [-0.05, 0) is 86.2 Å². The van der Waals surface area contributed by atoms with Crippen LogP contribution in [0.15, 0.2) is 30.3 Å². The summed E-state index contributed by atoms with van der Waals surface area (Å²) in [6.07, 6.45) is 5.34. The van der Waals surface area contributed by atoms with Gasteiger partial charge in [0.1, 0.15) is 11.7 Å². The molecule has 1 amide bonds. The van der Waals surface area contributed by atoms with Crippen molar-refractivity contribution in [1.82, 2.24) is 9.80 Å². The van der Waals surface area contributed by atoms with Gasteiger partial charge >= 0.3 is 5.97 Å². The summed E-state index contributed by atoms with van der Waals surface area (Å²) in [5.74, 6) is 2.20. The average molecular weight is 642 g/mol. The first-order chi connectivity index (χ1) is 21.1. The minimum atomic E-state index is -0.742. The second-order valence-corrected chi connectivity index (χ2v) is 14.8. The molecule has 3 aliphatic carbocycles. The molecule has 0 aromatic heterocycles. The Labute approximate surface area is 270 Å². The zero-order valence-corrected chi connectivity index (χ0v) is 27.5. The number of rotatable bonds is 9. The van der Waals surface area contributed by atoms with Crippen LogP contribution in [0.4, 0.5) is 0 Å². The maximum atomic E-state index is 14.3. The van der Waals surface area contributed by atoms with E-state index >= 15 is 0 Å². The molecule has 0 N–H and O–H groups in total. The van der Waals surface area contributed by atoms with Gasteiger partial charge in [-0.25, -0.2) is 0 Å². The number of benzene rings is 2. The van der Waals surface area contributed by atoms with Crippen molar-refractivity contribution >= 4 is 35.1 Å². The third kappa shape index (κ3) is 4.63. The Morgan fingerprint density at radius 2 is 1.91 bits per heavy atom. The molecule has 1 spiro atoms. The van der Waals surface area contributed by atoms with Crippen molar-refractivity contribution in [1.29, 1.82) is 0 Å². The normalized spacial score (nSPS) is 30.0. The van der Waals surface area contributed by atoms with Crippen LogP contribution < -0.4 is 9.47 Å². The Kier molecular flexibility index (Phi) is 7.61. The number of likely N-dealkylation sites (tertiary alicyclic amines) is 1. The molecule has 5 atom stereocenters. The number of ether oxygens (including phenoxy) is 3. The molecule has 2 aliphatic heterocycles. The summed E-state index contributed by atoms with van der Waals surface area (Å²) < 4.78 is 19.6. The van der Waals surface area contributed by atoms with Crippen LogP contribution in [0.25, 0.3) is 0 Å². The predicted octanol–water partition coefficient (Wildman–Crippen LogP) is 6.23. The maximum absolute atomic E-state index is 14.3. The highest BCUT2D eigenvalue weighted by atomic mass is 35.5. The Balaban J connectivity index is 1.34. The van der Waals surface area contributed by atoms with Crippen molar-refractivity contribution < 1.29 is 23.8 Å². The number of carbonyl (C=O) groups excluding carboxylic acids is 2. The largest absolute Gasteiger partial charge is 0.493 e. The van der Waals surface area contributed by atoms with Crippen LogP contribution in [0.2, 0.25) is 10.0 Å². The lowest BCUT2D eigenvalue weighted by atomic mass is 9.48. The smallest absolute Gasteiger partial charge is 0.303 e. The molecule has 5 aliphatic rings. The molecule has 44 heavy (non-hydrogen) atoms. The molecule has 3 fully saturated rings. The molecule has 2 heterocycles. The summed E-state index contributed by atoms with van der Waals surface area (Å²) in [4.78, 5) is 31.9. The third-order valence-electron chi connectivity index (χ3n) is 10.8. The van der Waals surface area contributed by atoms with Gasteiger partial charge in [-0.15, -0.1) is 0 Å². The summed E-state index contributed by atoms with van der Waals surface area (Å²) in [5.41, 5.74) is 1.88. The van der Waals surface area contributed by atoms with Crippen molar-refractivity contribution in [2.75, 3.05) is 26.7 Å². The lowest BCUT2D eigenvalue weighted by molar-refractivity contribution is -0.224. The van der Waals surface area contributed by atoms with Gasteiger partial charge in [0.25, 0.3) is 0 Å². The third-order valence-corrected chi connectivity index (χ3v) is 11.6. The standard InChI is InChI=1S/C35H42Cl2N2O5/c1-20(2)18-39(30(41)16-23-7-9-25(36)26(37)15-23)27-11-12-35(44-21(3)40)29-17-24-8-10-28(42-4)32-31(24)34(35,33(27)43-32)13-14-38(29)19-22-5-6-22/h7-10,15,20,22,27,29,33H,5-6,11-14,16-19H2,1-4H3/t27-,29-,33+,34+,35-/m1/s1. The van der Waals surface area contributed by atoms with Crippen LogP contribution >= 0.6 is 23.2 Å². The first kappa shape index (κ1) is 30.2. The Bertz CT molecular complexity index is 1490. The van der Waals surface area contributed by atoms with Gasteiger partial charge in [0.2, 0.25) is 5.91 Å². The van der Waals surface area contributed by atoms with Crippen LogP contribution in [0.5, 0.6) is 11.5 Å². The molecule has 2 bridgehead atoms. The van der Waals surface area contributed by atoms with Crippen molar-refractivity contribution in [2.24, 2.45) is 11.8 Å². The molecule has 7 rings (SSSR count). The van der Waals surface area contributed by atoms with E-state index in [9.17, 15) is 9.59 Å². The van der Waals surface area contributed by atoms with Crippen LogP contribution in [0, 0.1) is 11.8 Å². The predicted molar refractivity (Wildman–Crippen MR) is 170 cm³/mol. The minimum Gasteiger partial charge on any atom is -0.493 e. The van der Waals surface area contributed by atoms with E-state index in [1.54, 1.807) is 19.2 Å². The van der Waals surface area contributed by atoms with Gasteiger partial charge in [-0.3, -0.25) is 14.5 Å². The molecule has 2 aromatic carbocycles. The number of halogens is 2. The second kappa shape index (κ2) is 11.1. The Morgan fingerprint density at radius 3 is 2.59 bits per heavy atom. The van der Waals surface area contributed by atoms with Crippen molar-refractivity contribution in [3.63, 3.8) is 0 Å². The fourth-order valence-corrected chi connectivity index (χ4v) is 9.42. The molecular weight excluding hydrogens is 599 g/mol. The van der Waals surface area contributed by atoms with E-state index in [1.165, 1.54) is 25.3 Å². The summed E-state index contributed by atoms with van der Waals surface area (Å²) in [6, 6.07) is 9.44. The fraction of sp³-hybridized carbons (Fsp3) is 0.600. The van der Waals surface area contributed by atoms with Gasteiger partial charge in [0.15, 0.2) is 11.5 Å². The Morgan fingerprint density at radius 1 is 1.11 bits per heavy atom. The molecule has 0 radical (unpaired) electrons. The van der Waals surface area contributed by atoms with Crippen LogP contribution in [-0.2, 0) is 32.6 Å². The summed E-state index contributed by atoms with van der Waals surface area (Å²) in [7, 11) is 1.67. The fourth-order valence-electron chi connectivity index (χ4n) is 9.10. The van der Waals surface area contributed by atoms with Crippen LogP contribution in [-0.4, -0.2) is 72.2 Å². The lowest BCUT2D eigenvalue weighted by Crippen LogP contribution is -2.79. The van der Waals surface area contributed by atoms with Crippen molar-refractivity contribution in [2.45, 2.75) is 94.9 Å². The molecule has 236 valence electrons. The first-order valence-electron chi connectivity index (χ1n) is 16.1. The van der Waals surface area contributed by atoms with E-state index in [4.69, 9.17) is 37.4 Å². The van der Waals surface area contributed by atoms with Gasteiger partial charge < -0.3 is 19.1 Å². The minimum absolute atomic E-state index is 0.0312. The van der Waals surface area contributed by atoms with E-state index in [0.717, 1.165) is 48.7 Å². The number of piperidine rings is 1. The zero-order valence-electron chi connectivity index (χ0n) is 26.0. The highest BCUT2D eigenvalue weighted by molar-refractivity contribution is 6.42. The molecule has 1 saturated heterocycles. The lowest BCUT2D eigenvalue weighted by Gasteiger charge is -2.65. The van der Waals surface area contributed by atoms with Gasteiger partial charge in [0, 0.05) is 25.6 Å². The summed E-state index contributed by atoms with van der Waals surface area (Å²) in [6.45, 7) is 8.37. The van der Waals surface area contributed by atoms with Crippen molar-refractivity contribution in [3.8, 4) is 11.5 Å². The van der Waals surface area contributed by atoms with Crippen LogP contribution in [0.3, 0.4) is 0 Å². The molecule has 9 heteroatoms. The highest BCUT2D eigenvalue weighted by Crippen LogP contribution is 2.67. The Hall–Kier alpha value is -2.48. The zero-order chi connectivity index (χ0) is 31.0. The SMILES string of the molecule is COc1ccc2c3c1O[C@H]1[C@H](N(CC(C)C)C(=O)Cc4ccc(Cl)c(Cl)c4)CC[C@@]4(OC(C)=O)[C@@H](C2)N(CC2CC2)CC[C@]314. The number of hydrogen-bond donors (Lipinski definition) is 0. The van der Waals surface area contributed by atoms with E-state index in [-0.39, 0.29) is 42.4 Å². The summed E-state index contributed by atoms with van der Waals surface area (Å²) in [5, 5.41) is 0.910. The molecule has 2 saturated carbocycles. The van der Waals surface area contributed by atoms with E-state index in [2.05, 4.69) is 24.8 Å². The number of esters is 1. The molecule has 7 nitrogen and oxygen atoms in total. The molecular formula is C35H42Cl2N2O5. The maximum Gasteiger partial charge on any atom is 0.303 e. The molecule has 0 unspecified atom stereocenters. The number of methoxy groups -OCH3 is 1. The van der Waals surface area contributed by atoms with Gasteiger partial charge in [-0.1, -0.05) is 49.2 Å². The number of amides is 1. The quantitative estimate of drug-likeness (QED) is 0.303. The van der Waals surface area contributed by atoms with Gasteiger partial charge in [-0.2, -0.15) is 0 Å². The highest BCUT2D eigenvalue weighted by Gasteiger charge is 2.76. The van der Waals surface area contributed by atoms with E-state index in [0.29, 0.717) is 35.2 Å². The molecule has 2 aromatic rings. The van der Waals surface area contributed by atoms with E-state index in [1.807, 2.05) is 17.0 Å².